The van der Waals surface area contributed by atoms with Gasteiger partial charge in [0.15, 0.2) is 0 Å². The third kappa shape index (κ3) is 4.28. The molecule has 0 bridgehead atoms. The predicted octanol–water partition coefficient (Wildman–Crippen LogP) is 3.61. The van der Waals surface area contributed by atoms with Gasteiger partial charge in [-0.15, -0.1) is 0 Å². The Morgan fingerprint density at radius 1 is 1.00 bits per heavy atom. The molecule has 6 heteroatoms. The van der Waals surface area contributed by atoms with Crippen LogP contribution in [-0.2, 0) is 11.3 Å². The van der Waals surface area contributed by atoms with Crippen LogP contribution in [0, 0.1) is 26.6 Å². The number of rotatable bonds is 4. The number of nitrogens with zero attached hydrogens (tertiary/aromatic N) is 2. The molecule has 0 atom stereocenters. The molecule has 0 unspecified atom stereocenters. The highest BCUT2D eigenvalue weighted by Crippen LogP contribution is 2.19. The third-order valence-electron chi connectivity index (χ3n) is 4.42. The van der Waals surface area contributed by atoms with E-state index in [0.717, 1.165) is 21.4 Å². The Bertz CT molecular complexity index is 1070. The van der Waals surface area contributed by atoms with Crippen molar-refractivity contribution in [3.63, 3.8) is 0 Å². The van der Waals surface area contributed by atoms with Gasteiger partial charge in [0.1, 0.15) is 12.4 Å². The summed E-state index contributed by atoms with van der Waals surface area (Å²) in [6, 6.07) is 13.4. The zero-order chi connectivity index (χ0) is 19.6. The second kappa shape index (κ2) is 7.53. The van der Waals surface area contributed by atoms with Gasteiger partial charge in [0.25, 0.3) is 5.56 Å². The Hall–Kier alpha value is -3.28. The first-order valence-corrected chi connectivity index (χ1v) is 8.55. The lowest BCUT2D eigenvalue weighted by molar-refractivity contribution is -0.117. The smallest absolute Gasteiger partial charge is 0.267 e. The molecule has 0 spiro atoms. The Kier molecular flexibility index (Phi) is 5.16. The molecule has 0 saturated carbocycles. The highest BCUT2D eigenvalue weighted by molar-refractivity contribution is 5.90. The van der Waals surface area contributed by atoms with Crippen LogP contribution in [-0.4, -0.2) is 15.7 Å². The molecule has 0 aliphatic carbocycles. The molecule has 0 aliphatic rings. The first-order chi connectivity index (χ1) is 12.8. The first kappa shape index (κ1) is 18.5. The second-order valence-corrected chi connectivity index (χ2v) is 6.53. The van der Waals surface area contributed by atoms with Crippen LogP contribution in [0.25, 0.3) is 11.3 Å². The molecule has 5 nitrogen and oxygen atoms in total. The second-order valence-electron chi connectivity index (χ2n) is 6.53. The monoisotopic (exact) mass is 365 g/mol. The molecule has 138 valence electrons. The van der Waals surface area contributed by atoms with Gasteiger partial charge in [-0.3, -0.25) is 9.59 Å². The number of benzene rings is 2. The fourth-order valence-electron chi connectivity index (χ4n) is 2.62. The molecule has 2 aromatic carbocycles. The zero-order valence-electron chi connectivity index (χ0n) is 15.4. The quantitative estimate of drug-likeness (QED) is 0.768. The molecule has 0 radical (unpaired) electrons. The number of nitrogens with one attached hydrogen (secondary N) is 1. The summed E-state index contributed by atoms with van der Waals surface area (Å²) >= 11 is 0. The van der Waals surface area contributed by atoms with Crippen LogP contribution in [0.15, 0.2) is 53.3 Å². The van der Waals surface area contributed by atoms with Gasteiger partial charge in [-0.2, -0.15) is 5.10 Å². The van der Waals surface area contributed by atoms with Gasteiger partial charge in [-0.25, -0.2) is 9.07 Å². The van der Waals surface area contributed by atoms with E-state index in [0.29, 0.717) is 16.9 Å². The van der Waals surface area contributed by atoms with Crippen LogP contribution in [0.4, 0.5) is 10.1 Å². The highest BCUT2D eigenvalue weighted by atomic mass is 19.1. The van der Waals surface area contributed by atoms with E-state index in [9.17, 15) is 14.0 Å². The van der Waals surface area contributed by atoms with E-state index < -0.39 is 11.7 Å². The van der Waals surface area contributed by atoms with E-state index in [1.54, 1.807) is 25.1 Å². The Morgan fingerprint density at radius 2 is 1.74 bits per heavy atom. The van der Waals surface area contributed by atoms with Crippen molar-refractivity contribution in [2.75, 3.05) is 5.32 Å². The SMILES string of the molecule is Cc1ccc(-c2ccc(=O)n(CC(=O)Nc3ccc(C)c(F)c3)n2)cc1C. The molecule has 1 N–H and O–H groups in total. The molecule has 27 heavy (non-hydrogen) atoms. The van der Waals surface area contributed by atoms with Gasteiger partial charge in [-0.05, 0) is 61.7 Å². The minimum atomic E-state index is -0.454. The maximum absolute atomic E-state index is 13.6. The number of carbonyl (C=O) groups excluding carboxylic acids is 1. The topological polar surface area (TPSA) is 64.0 Å². The number of anilines is 1. The van der Waals surface area contributed by atoms with Crippen LogP contribution in [0.3, 0.4) is 0 Å². The van der Waals surface area contributed by atoms with Crippen molar-refractivity contribution in [1.82, 2.24) is 9.78 Å². The minimum Gasteiger partial charge on any atom is -0.324 e. The van der Waals surface area contributed by atoms with E-state index in [1.807, 2.05) is 32.0 Å². The molecular weight excluding hydrogens is 345 g/mol. The van der Waals surface area contributed by atoms with Gasteiger partial charge < -0.3 is 5.32 Å². The normalized spacial score (nSPS) is 10.7. The Morgan fingerprint density at radius 3 is 2.44 bits per heavy atom. The van der Waals surface area contributed by atoms with Crippen molar-refractivity contribution < 1.29 is 9.18 Å². The van der Waals surface area contributed by atoms with Gasteiger partial charge in [0.05, 0.1) is 5.69 Å². The van der Waals surface area contributed by atoms with Crippen LogP contribution >= 0.6 is 0 Å². The fourth-order valence-corrected chi connectivity index (χ4v) is 2.62. The summed E-state index contributed by atoms with van der Waals surface area (Å²) < 4.78 is 14.7. The summed E-state index contributed by atoms with van der Waals surface area (Å²) in [4.78, 5) is 24.3. The average Bonchev–Trinajstić information content (AvgIpc) is 2.62. The van der Waals surface area contributed by atoms with Crippen molar-refractivity contribution in [2.45, 2.75) is 27.3 Å². The molecule has 1 amide bonds. The molecule has 3 aromatic rings. The standard InChI is InChI=1S/C21H20FN3O2/c1-13-4-6-16(10-15(13)3)19-8-9-21(27)25(24-19)12-20(26)23-17-7-5-14(2)18(22)11-17/h4-11H,12H2,1-3H3,(H,23,26). The summed E-state index contributed by atoms with van der Waals surface area (Å²) in [7, 11) is 0. The summed E-state index contributed by atoms with van der Waals surface area (Å²) in [5.74, 6) is -0.857. The molecule has 1 aromatic heterocycles. The number of aryl methyl sites for hydroxylation is 3. The zero-order valence-corrected chi connectivity index (χ0v) is 15.4. The molecule has 0 aliphatic heterocycles. The summed E-state index contributed by atoms with van der Waals surface area (Å²) in [6.45, 7) is 5.41. The molecular formula is C21H20FN3O2. The highest BCUT2D eigenvalue weighted by Gasteiger charge is 2.10. The van der Waals surface area contributed by atoms with E-state index in [-0.39, 0.29) is 12.1 Å². The number of aromatic nitrogens is 2. The Balaban J connectivity index is 1.81. The van der Waals surface area contributed by atoms with Crippen molar-refractivity contribution in [2.24, 2.45) is 0 Å². The predicted molar refractivity (Wildman–Crippen MR) is 103 cm³/mol. The van der Waals surface area contributed by atoms with Crippen LogP contribution in [0.5, 0.6) is 0 Å². The summed E-state index contributed by atoms with van der Waals surface area (Å²) in [5.41, 5.74) is 4.20. The number of halogens is 1. The lowest BCUT2D eigenvalue weighted by Crippen LogP contribution is -2.29. The van der Waals surface area contributed by atoms with Crippen molar-refractivity contribution in [3.05, 3.63) is 81.4 Å². The van der Waals surface area contributed by atoms with E-state index in [2.05, 4.69) is 10.4 Å². The van der Waals surface area contributed by atoms with E-state index >= 15 is 0 Å². The molecule has 1 heterocycles. The summed E-state index contributed by atoms with van der Waals surface area (Å²) in [5, 5.41) is 6.88. The maximum Gasteiger partial charge on any atom is 0.267 e. The van der Waals surface area contributed by atoms with Crippen molar-refractivity contribution in [3.8, 4) is 11.3 Å². The maximum atomic E-state index is 13.6. The van der Waals surface area contributed by atoms with Crippen molar-refractivity contribution in [1.29, 1.82) is 0 Å². The number of hydrogen-bond donors (Lipinski definition) is 1. The van der Waals surface area contributed by atoms with E-state index in [4.69, 9.17) is 0 Å². The van der Waals surface area contributed by atoms with Gasteiger partial charge in [-0.1, -0.05) is 18.2 Å². The van der Waals surface area contributed by atoms with Crippen LogP contribution < -0.4 is 10.9 Å². The van der Waals surface area contributed by atoms with E-state index in [1.165, 1.54) is 12.1 Å². The summed E-state index contributed by atoms with van der Waals surface area (Å²) in [6.07, 6.45) is 0. The largest absolute Gasteiger partial charge is 0.324 e. The van der Waals surface area contributed by atoms with Crippen LogP contribution in [0.1, 0.15) is 16.7 Å². The molecule has 3 rings (SSSR count). The van der Waals surface area contributed by atoms with Crippen molar-refractivity contribution >= 4 is 11.6 Å². The molecule has 0 saturated heterocycles. The van der Waals surface area contributed by atoms with Crippen LogP contribution in [0.2, 0.25) is 0 Å². The Labute approximate surface area is 156 Å². The van der Waals surface area contributed by atoms with Gasteiger partial charge >= 0.3 is 0 Å². The third-order valence-corrected chi connectivity index (χ3v) is 4.42. The minimum absolute atomic E-state index is 0.257. The first-order valence-electron chi connectivity index (χ1n) is 8.55. The van der Waals surface area contributed by atoms with Gasteiger partial charge in [0, 0.05) is 17.3 Å². The number of hydrogen-bond acceptors (Lipinski definition) is 3. The number of amides is 1. The number of carbonyl (C=O) groups is 1. The lowest BCUT2D eigenvalue weighted by atomic mass is 10.0. The average molecular weight is 365 g/mol. The lowest BCUT2D eigenvalue weighted by Gasteiger charge is -2.10. The molecule has 0 fully saturated rings. The fraction of sp³-hybridized carbons (Fsp3) is 0.190. The van der Waals surface area contributed by atoms with Gasteiger partial charge in [0.2, 0.25) is 5.91 Å².